The number of piperidine rings is 1. The highest BCUT2D eigenvalue weighted by molar-refractivity contribution is 7.91. The molecule has 0 radical (unpaired) electrons. The second-order valence-electron chi connectivity index (χ2n) is 4.75. The zero-order valence-electron chi connectivity index (χ0n) is 10.7. The van der Waals surface area contributed by atoms with Crippen LogP contribution in [-0.2, 0) is 19.5 Å². The molecule has 2 fully saturated rings. The lowest BCUT2D eigenvalue weighted by molar-refractivity contribution is -0.179. The summed E-state index contributed by atoms with van der Waals surface area (Å²) in [4.78, 5) is 4.02. The molecule has 3 heterocycles. The van der Waals surface area contributed by atoms with E-state index in [0.717, 1.165) is 17.8 Å². The van der Waals surface area contributed by atoms with E-state index in [0.29, 0.717) is 24.0 Å². The molecular weight excluding hydrogens is 288 g/mol. The average Bonchev–Trinajstić information content (AvgIpc) is 3.00. The van der Waals surface area contributed by atoms with Crippen molar-refractivity contribution in [2.24, 2.45) is 0 Å². The Labute approximate surface area is 116 Å². The standard InChI is InChI=1S/C11H16N2O4S2/c1-9-12-7-10(18-9)19(14,15)13-4-2-3-11(8-13)16-5-6-17-11/h7H,2-6,8H2,1H3. The Hall–Kier alpha value is -0.540. The summed E-state index contributed by atoms with van der Waals surface area (Å²) in [5.41, 5.74) is 0. The molecule has 1 aromatic heterocycles. The summed E-state index contributed by atoms with van der Waals surface area (Å²) in [6.45, 7) is 3.64. The molecule has 0 N–H and O–H groups in total. The summed E-state index contributed by atoms with van der Waals surface area (Å²) >= 11 is 1.20. The minimum Gasteiger partial charge on any atom is -0.346 e. The number of sulfonamides is 1. The topological polar surface area (TPSA) is 68.7 Å². The van der Waals surface area contributed by atoms with Gasteiger partial charge in [0.2, 0.25) is 0 Å². The molecule has 2 aliphatic rings. The fourth-order valence-electron chi connectivity index (χ4n) is 2.48. The van der Waals surface area contributed by atoms with E-state index < -0.39 is 15.8 Å². The van der Waals surface area contributed by atoms with Crippen molar-refractivity contribution in [3.8, 4) is 0 Å². The second-order valence-corrected chi connectivity index (χ2v) is 8.15. The second kappa shape index (κ2) is 4.78. The molecule has 0 amide bonds. The van der Waals surface area contributed by atoms with Crippen molar-refractivity contribution in [2.75, 3.05) is 26.3 Å². The van der Waals surface area contributed by atoms with Gasteiger partial charge in [-0.2, -0.15) is 4.31 Å². The van der Waals surface area contributed by atoms with Crippen molar-refractivity contribution in [1.82, 2.24) is 9.29 Å². The first-order chi connectivity index (χ1) is 9.02. The van der Waals surface area contributed by atoms with Gasteiger partial charge in [0, 0.05) is 13.0 Å². The van der Waals surface area contributed by atoms with Crippen molar-refractivity contribution in [1.29, 1.82) is 0 Å². The van der Waals surface area contributed by atoms with Crippen molar-refractivity contribution in [3.63, 3.8) is 0 Å². The number of hydrogen-bond acceptors (Lipinski definition) is 6. The first-order valence-electron chi connectivity index (χ1n) is 6.22. The average molecular weight is 304 g/mol. The Bertz CT molecular complexity index is 563. The van der Waals surface area contributed by atoms with Gasteiger partial charge in [-0.3, -0.25) is 0 Å². The number of thiazole rings is 1. The number of ether oxygens (including phenoxy) is 2. The van der Waals surface area contributed by atoms with Crippen LogP contribution in [0.2, 0.25) is 0 Å². The summed E-state index contributed by atoms with van der Waals surface area (Å²) in [6.07, 6.45) is 2.92. The third kappa shape index (κ3) is 2.43. The van der Waals surface area contributed by atoms with Crippen molar-refractivity contribution in [2.45, 2.75) is 29.8 Å². The van der Waals surface area contributed by atoms with Gasteiger partial charge in [-0.25, -0.2) is 13.4 Å². The SMILES string of the molecule is Cc1ncc(S(=O)(=O)N2CCCC3(C2)OCCO3)s1. The molecule has 19 heavy (non-hydrogen) atoms. The van der Waals surface area contributed by atoms with Crippen LogP contribution in [0.5, 0.6) is 0 Å². The quantitative estimate of drug-likeness (QED) is 0.814. The van der Waals surface area contributed by atoms with Crippen LogP contribution in [0.25, 0.3) is 0 Å². The lowest BCUT2D eigenvalue weighted by Gasteiger charge is -2.37. The molecule has 0 bridgehead atoms. The first kappa shape index (κ1) is 13.4. The molecule has 0 unspecified atom stereocenters. The lowest BCUT2D eigenvalue weighted by atomic mass is 10.1. The molecule has 0 aliphatic carbocycles. The van der Waals surface area contributed by atoms with Crippen molar-refractivity contribution >= 4 is 21.4 Å². The van der Waals surface area contributed by atoms with Gasteiger partial charge in [0.25, 0.3) is 10.0 Å². The third-order valence-corrected chi connectivity index (χ3v) is 6.58. The maximum atomic E-state index is 12.5. The van der Waals surface area contributed by atoms with Crippen molar-refractivity contribution in [3.05, 3.63) is 11.2 Å². The van der Waals surface area contributed by atoms with E-state index in [2.05, 4.69) is 4.98 Å². The number of rotatable bonds is 2. The third-order valence-electron chi connectivity index (χ3n) is 3.39. The van der Waals surface area contributed by atoms with Crippen LogP contribution in [-0.4, -0.2) is 49.8 Å². The predicted molar refractivity (Wildman–Crippen MR) is 69.5 cm³/mol. The number of aromatic nitrogens is 1. The zero-order valence-corrected chi connectivity index (χ0v) is 12.3. The Morgan fingerprint density at radius 1 is 1.42 bits per heavy atom. The summed E-state index contributed by atoms with van der Waals surface area (Å²) < 4.78 is 38.0. The Morgan fingerprint density at radius 2 is 2.16 bits per heavy atom. The summed E-state index contributed by atoms with van der Waals surface area (Å²) in [7, 11) is -3.48. The smallest absolute Gasteiger partial charge is 0.254 e. The molecule has 1 aromatic rings. The maximum Gasteiger partial charge on any atom is 0.254 e. The van der Waals surface area contributed by atoms with E-state index in [4.69, 9.17) is 9.47 Å². The summed E-state index contributed by atoms with van der Waals surface area (Å²) in [5.74, 6) is -0.731. The van der Waals surface area contributed by atoms with Gasteiger partial charge in [-0.1, -0.05) is 0 Å². The van der Waals surface area contributed by atoms with Crippen LogP contribution < -0.4 is 0 Å². The van der Waals surface area contributed by atoms with Gasteiger partial charge in [0.15, 0.2) is 10.00 Å². The Morgan fingerprint density at radius 3 is 2.79 bits per heavy atom. The molecule has 1 spiro atoms. The van der Waals surface area contributed by atoms with E-state index in [1.807, 2.05) is 0 Å². The molecule has 2 aliphatic heterocycles. The van der Waals surface area contributed by atoms with Crippen LogP contribution in [0.1, 0.15) is 17.8 Å². The van der Waals surface area contributed by atoms with E-state index in [1.165, 1.54) is 21.8 Å². The largest absolute Gasteiger partial charge is 0.346 e. The minimum atomic E-state index is -3.48. The summed E-state index contributed by atoms with van der Waals surface area (Å²) in [6, 6.07) is 0. The van der Waals surface area contributed by atoms with Crippen LogP contribution >= 0.6 is 11.3 Å². The molecular formula is C11H16N2O4S2. The van der Waals surface area contributed by atoms with Crippen molar-refractivity contribution < 1.29 is 17.9 Å². The van der Waals surface area contributed by atoms with E-state index >= 15 is 0 Å². The van der Waals surface area contributed by atoms with Gasteiger partial charge in [-0.05, 0) is 13.3 Å². The lowest BCUT2D eigenvalue weighted by Crippen LogP contribution is -2.50. The van der Waals surface area contributed by atoms with Gasteiger partial charge >= 0.3 is 0 Å². The van der Waals surface area contributed by atoms with Crippen LogP contribution in [0, 0.1) is 6.92 Å². The fraction of sp³-hybridized carbons (Fsp3) is 0.727. The molecule has 0 aromatic carbocycles. The molecule has 106 valence electrons. The van der Waals surface area contributed by atoms with Gasteiger partial charge in [0.1, 0.15) is 0 Å². The number of hydrogen-bond donors (Lipinski definition) is 0. The molecule has 0 saturated carbocycles. The molecule has 0 atom stereocenters. The maximum absolute atomic E-state index is 12.5. The Kier molecular flexibility index (Phi) is 3.38. The monoisotopic (exact) mass is 304 g/mol. The van der Waals surface area contributed by atoms with Crippen LogP contribution in [0.3, 0.4) is 0 Å². The van der Waals surface area contributed by atoms with Gasteiger partial charge in [-0.15, -0.1) is 11.3 Å². The van der Waals surface area contributed by atoms with Crippen LogP contribution in [0.4, 0.5) is 0 Å². The molecule has 3 rings (SSSR count). The fourth-order valence-corrected chi connectivity index (χ4v) is 5.26. The molecule has 8 heteroatoms. The summed E-state index contributed by atoms with van der Waals surface area (Å²) in [5, 5.41) is 0.749. The Balaban J connectivity index is 1.85. The predicted octanol–water partition coefficient (Wildman–Crippen LogP) is 0.979. The van der Waals surface area contributed by atoms with E-state index in [1.54, 1.807) is 6.92 Å². The van der Waals surface area contributed by atoms with E-state index in [-0.39, 0.29) is 6.54 Å². The molecule has 6 nitrogen and oxygen atoms in total. The minimum absolute atomic E-state index is 0.270. The zero-order chi connectivity index (χ0) is 13.5. The number of nitrogens with zero attached hydrogens (tertiary/aromatic N) is 2. The highest BCUT2D eigenvalue weighted by atomic mass is 32.2. The highest BCUT2D eigenvalue weighted by Crippen LogP contribution is 2.33. The van der Waals surface area contributed by atoms with Gasteiger partial charge in [0.05, 0.1) is 31.0 Å². The van der Waals surface area contributed by atoms with Gasteiger partial charge < -0.3 is 9.47 Å². The molecule has 2 saturated heterocycles. The number of aryl methyl sites for hydroxylation is 1. The first-order valence-corrected chi connectivity index (χ1v) is 8.48. The normalized spacial score (nSPS) is 24.1. The van der Waals surface area contributed by atoms with E-state index in [9.17, 15) is 8.42 Å². The highest BCUT2D eigenvalue weighted by Gasteiger charge is 2.44. The van der Waals surface area contributed by atoms with Crippen LogP contribution in [0.15, 0.2) is 10.4 Å².